The van der Waals surface area contributed by atoms with Crippen molar-refractivity contribution in [2.75, 3.05) is 25.6 Å². The van der Waals surface area contributed by atoms with E-state index in [9.17, 15) is 9.59 Å². The quantitative estimate of drug-likeness (QED) is 0.386. The molecule has 1 aliphatic heterocycles. The molecule has 0 saturated heterocycles. The Kier molecular flexibility index (Phi) is 6.45. The van der Waals surface area contributed by atoms with E-state index in [0.29, 0.717) is 22.6 Å². The minimum absolute atomic E-state index is 0.182. The minimum Gasteiger partial charge on any atom is -0.481 e. The molecule has 1 aliphatic rings. The number of allylic oxidation sites excluding steroid dienone is 1. The van der Waals surface area contributed by atoms with E-state index in [1.807, 2.05) is 73.6 Å². The first-order valence-electron chi connectivity index (χ1n) is 10.6. The van der Waals surface area contributed by atoms with Crippen molar-refractivity contribution in [3.8, 4) is 11.5 Å². The zero-order chi connectivity index (χ0) is 23.4. The van der Waals surface area contributed by atoms with Crippen molar-refractivity contribution in [2.45, 2.75) is 13.5 Å². The molecule has 168 valence electrons. The molecule has 0 atom stereocenters. The number of ether oxygens (including phenoxy) is 3. The molecule has 6 heteroatoms. The number of benzene rings is 3. The Labute approximate surface area is 193 Å². The van der Waals surface area contributed by atoms with Gasteiger partial charge in [0.25, 0.3) is 0 Å². The molecule has 0 radical (unpaired) electrons. The summed E-state index contributed by atoms with van der Waals surface area (Å²) in [5, 5.41) is 0. The van der Waals surface area contributed by atoms with Gasteiger partial charge < -0.3 is 19.1 Å². The lowest BCUT2D eigenvalue weighted by Gasteiger charge is -2.12. The third-order valence-corrected chi connectivity index (χ3v) is 5.33. The van der Waals surface area contributed by atoms with Gasteiger partial charge in [-0.3, -0.25) is 4.79 Å². The Bertz CT molecular complexity index is 1200. The average Bonchev–Trinajstić information content (AvgIpc) is 3.14. The van der Waals surface area contributed by atoms with Crippen molar-refractivity contribution < 1.29 is 23.8 Å². The highest BCUT2D eigenvalue weighted by Crippen LogP contribution is 2.39. The van der Waals surface area contributed by atoms with Crippen LogP contribution in [0.2, 0.25) is 0 Å². The Morgan fingerprint density at radius 1 is 1.00 bits per heavy atom. The largest absolute Gasteiger partial charge is 0.481 e. The first kappa shape index (κ1) is 22.1. The van der Waals surface area contributed by atoms with E-state index < -0.39 is 5.97 Å². The van der Waals surface area contributed by atoms with Crippen molar-refractivity contribution in [3.63, 3.8) is 0 Å². The van der Waals surface area contributed by atoms with Crippen LogP contribution in [0.15, 0.2) is 72.5 Å². The first-order chi connectivity index (χ1) is 15.9. The molecule has 0 saturated carbocycles. The monoisotopic (exact) mass is 443 g/mol. The second-order valence-electron chi connectivity index (χ2n) is 7.93. The third kappa shape index (κ3) is 5.06. The fourth-order valence-corrected chi connectivity index (χ4v) is 3.46. The lowest BCUT2D eigenvalue weighted by atomic mass is 10.1. The van der Waals surface area contributed by atoms with Crippen LogP contribution in [0, 0.1) is 6.92 Å². The predicted octanol–water partition coefficient (Wildman–Crippen LogP) is 4.80. The molecule has 6 nitrogen and oxygen atoms in total. The fourth-order valence-electron chi connectivity index (χ4n) is 3.46. The van der Waals surface area contributed by atoms with Crippen LogP contribution in [0.5, 0.6) is 11.5 Å². The van der Waals surface area contributed by atoms with Gasteiger partial charge in [-0.05, 0) is 48.4 Å². The number of rotatable bonds is 7. The maximum Gasteiger partial charge on any atom is 0.344 e. The highest BCUT2D eigenvalue weighted by Gasteiger charge is 2.30. The van der Waals surface area contributed by atoms with Crippen LogP contribution >= 0.6 is 0 Å². The molecular weight excluding hydrogens is 418 g/mol. The fraction of sp³-hybridized carbons (Fsp3) is 0.185. The zero-order valence-electron chi connectivity index (χ0n) is 18.8. The number of anilines is 1. The summed E-state index contributed by atoms with van der Waals surface area (Å²) in [6.45, 7) is 1.75. The number of hydrogen-bond donors (Lipinski definition) is 0. The maximum absolute atomic E-state index is 12.8. The van der Waals surface area contributed by atoms with Gasteiger partial charge in [-0.1, -0.05) is 42.5 Å². The first-order valence-corrected chi connectivity index (χ1v) is 10.6. The van der Waals surface area contributed by atoms with Gasteiger partial charge in [-0.15, -0.1) is 0 Å². The Morgan fingerprint density at radius 3 is 2.42 bits per heavy atom. The summed E-state index contributed by atoms with van der Waals surface area (Å²) in [7, 11) is 3.94. The standard InChI is InChI=1S/C27H25NO5/c1-18-23(31-17-25(29)32-16-20-7-5-4-6-8-20)14-13-22-26(30)24(33-27(18)22)15-19-9-11-21(12-10-19)28(2)3/h4-15H,16-17H2,1-3H3/b24-15-. The van der Waals surface area contributed by atoms with Gasteiger partial charge in [-0.25, -0.2) is 4.79 Å². The normalized spacial score (nSPS) is 13.4. The van der Waals surface area contributed by atoms with Crippen LogP contribution in [0.4, 0.5) is 5.69 Å². The number of nitrogens with zero attached hydrogens (tertiary/aromatic N) is 1. The van der Waals surface area contributed by atoms with Crippen molar-refractivity contribution in [1.29, 1.82) is 0 Å². The summed E-state index contributed by atoms with van der Waals surface area (Å²) in [5.74, 6) is 0.516. The molecular formula is C27H25NO5. The molecule has 3 aromatic rings. The van der Waals surface area contributed by atoms with Crippen molar-refractivity contribution in [1.82, 2.24) is 0 Å². The summed E-state index contributed by atoms with van der Waals surface area (Å²) >= 11 is 0. The summed E-state index contributed by atoms with van der Waals surface area (Å²) < 4.78 is 16.8. The molecule has 0 aromatic heterocycles. The van der Waals surface area contributed by atoms with Crippen LogP contribution in [0.3, 0.4) is 0 Å². The van der Waals surface area contributed by atoms with Crippen molar-refractivity contribution >= 4 is 23.5 Å². The molecule has 0 fully saturated rings. The molecule has 0 unspecified atom stereocenters. The molecule has 1 heterocycles. The van der Waals surface area contributed by atoms with Crippen LogP contribution in [-0.2, 0) is 16.1 Å². The van der Waals surface area contributed by atoms with Crippen molar-refractivity contribution in [3.05, 3.63) is 94.7 Å². The topological polar surface area (TPSA) is 65.1 Å². The van der Waals surface area contributed by atoms with Gasteiger partial charge >= 0.3 is 5.97 Å². The van der Waals surface area contributed by atoms with Crippen LogP contribution in [0.25, 0.3) is 6.08 Å². The SMILES string of the molecule is Cc1c(OCC(=O)OCc2ccccc2)ccc2c1O/C(=C\c1ccc(N(C)C)cc1)C2=O. The number of esters is 1. The van der Waals surface area contributed by atoms with Gasteiger partial charge in [0.2, 0.25) is 5.78 Å². The van der Waals surface area contributed by atoms with E-state index in [1.54, 1.807) is 25.1 Å². The smallest absolute Gasteiger partial charge is 0.344 e. The highest BCUT2D eigenvalue weighted by atomic mass is 16.6. The second-order valence-corrected chi connectivity index (χ2v) is 7.93. The van der Waals surface area contributed by atoms with E-state index in [4.69, 9.17) is 14.2 Å². The van der Waals surface area contributed by atoms with Crippen LogP contribution < -0.4 is 14.4 Å². The lowest BCUT2D eigenvalue weighted by Crippen LogP contribution is -2.15. The van der Waals surface area contributed by atoms with Crippen molar-refractivity contribution in [2.24, 2.45) is 0 Å². The molecule has 0 bridgehead atoms. The summed E-state index contributed by atoms with van der Waals surface area (Å²) in [4.78, 5) is 26.9. The van der Waals surface area contributed by atoms with E-state index in [2.05, 4.69) is 0 Å². The maximum atomic E-state index is 12.8. The molecule has 4 rings (SSSR count). The number of carbonyl (C=O) groups excluding carboxylic acids is 2. The summed E-state index contributed by atoms with van der Waals surface area (Å²) in [5.41, 5.74) is 3.97. The second kappa shape index (κ2) is 9.61. The number of ketones is 1. The summed E-state index contributed by atoms with van der Waals surface area (Å²) in [6, 6.07) is 20.6. The van der Waals surface area contributed by atoms with Gasteiger partial charge in [0.05, 0.1) is 5.56 Å². The Morgan fingerprint density at radius 2 is 1.73 bits per heavy atom. The molecule has 0 aliphatic carbocycles. The molecule has 0 amide bonds. The number of carbonyl (C=O) groups is 2. The number of fused-ring (bicyclic) bond motifs is 1. The third-order valence-electron chi connectivity index (χ3n) is 5.33. The summed E-state index contributed by atoms with van der Waals surface area (Å²) in [6.07, 6.45) is 1.72. The lowest BCUT2D eigenvalue weighted by molar-refractivity contribution is -0.147. The van der Waals surface area contributed by atoms with Crippen LogP contribution in [-0.4, -0.2) is 32.5 Å². The van der Waals surface area contributed by atoms with E-state index in [-0.39, 0.29) is 24.8 Å². The molecule has 0 N–H and O–H groups in total. The molecule has 33 heavy (non-hydrogen) atoms. The van der Waals surface area contributed by atoms with Gasteiger partial charge in [0.1, 0.15) is 18.1 Å². The number of hydrogen-bond acceptors (Lipinski definition) is 6. The van der Waals surface area contributed by atoms with E-state index in [0.717, 1.165) is 16.8 Å². The molecule has 3 aromatic carbocycles. The van der Waals surface area contributed by atoms with Gasteiger partial charge in [0, 0.05) is 25.3 Å². The Hall–Kier alpha value is -4.06. The van der Waals surface area contributed by atoms with Gasteiger partial charge in [0.15, 0.2) is 12.4 Å². The predicted molar refractivity (Wildman–Crippen MR) is 127 cm³/mol. The highest BCUT2D eigenvalue weighted by molar-refractivity contribution is 6.15. The molecule has 0 spiro atoms. The Balaban J connectivity index is 1.41. The number of Topliss-reactive ketones (excluding diaryl/α,β-unsaturated/α-hetero) is 1. The minimum atomic E-state index is -0.475. The van der Waals surface area contributed by atoms with E-state index >= 15 is 0 Å². The van der Waals surface area contributed by atoms with Gasteiger partial charge in [-0.2, -0.15) is 0 Å². The zero-order valence-corrected chi connectivity index (χ0v) is 18.8. The average molecular weight is 443 g/mol. The van der Waals surface area contributed by atoms with E-state index in [1.165, 1.54) is 0 Å². The van der Waals surface area contributed by atoms with Crippen LogP contribution in [0.1, 0.15) is 27.0 Å².